The Kier molecular flexibility index (Phi) is 13.3. The molecule has 0 heterocycles. The van der Waals surface area contributed by atoms with E-state index in [4.69, 9.17) is 14.2 Å². The first-order valence-corrected chi connectivity index (χ1v) is 13.6. The zero-order chi connectivity index (χ0) is 29.7. The molecule has 10 heteroatoms. The summed E-state index contributed by atoms with van der Waals surface area (Å²) < 4.78 is 54.0. The molecule has 7 nitrogen and oxygen atoms in total. The lowest BCUT2D eigenvalue weighted by molar-refractivity contribution is -0.150. The molecular weight excluding hydrogens is 527 g/mol. The molecule has 0 saturated carbocycles. The fourth-order valence-electron chi connectivity index (χ4n) is 4.38. The molecule has 0 fully saturated rings. The van der Waals surface area contributed by atoms with E-state index in [2.05, 4.69) is 0 Å². The fraction of sp³-hybridized carbons (Fsp3) is 0.533. The summed E-state index contributed by atoms with van der Waals surface area (Å²) in [4.78, 5) is 25.9. The van der Waals surface area contributed by atoms with Gasteiger partial charge in [-0.05, 0) is 69.4 Å². The first-order valence-electron chi connectivity index (χ1n) is 13.6. The zero-order valence-electron chi connectivity index (χ0n) is 23.7. The second-order valence-electron chi connectivity index (χ2n) is 9.84. The molecule has 2 aromatic carbocycles. The number of hydrogen-bond acceptors (Lipinski definition) is 5. The SMILES string of the molecule is CCOC(Cc1ccc(OCCN(CCCCCCC(F)(F)F)C(=O)Oc2c(C)cc(C)cc2C)cc1)C(=O)O. The molecule has 2 aromatic rings. The Morgan fingerprint density at radius 3 is 2.15 bits per heavy atom. The van der Waals surface area contributed by atoms with E-state index in [0.29, 0.717) is 43.9 Å². The van der Waals surface area contributed by atoms with E-state index in [-0.39, 0.29) is 26.0 Å². The van der Waals surface area contributed by atoms with Crippen LogP contribution >= 0.6 is 0 Å². The molecule has 0 spiro atoms. The molecule has 1 N–H and O–H groups in total. The molecule has 0 aliphatic rings. The minimum absolute atomic E-state index is 0.0621. The van der Waals surface area contributed by atoms with Gasteiger partial charge in [-0.15, -0.1) is 0 Å². The highest BCUT2D eigenvalue weighted by Gasteiger charge is 2.26. The summed E-state index contributed by atoms with van der Waals surface area (Å²) in [6.45, 7) is 8.45. The predicted molar refractivity (Wildman–Crippen MR) is 146 cm³/mol. The molecule has 1 unspecified atom stereocenters. The van der Waals surface area contributed by atoms with Crippen molar-refractivity contribution >= 4 is 12.1 Å². The Hall–Kier alpha value is -3.27. The van der Waals surface area contributed by atoms with E-state index in [9.17, 15) is 27.9 Å². The normalized spacial score (nSPS) is 12.2. The van der Waals surface area contributed by atoms with Crippen molar-refractivity contribution in [2.24, 2.45) is 0 Å². The number of alkyl halides is 3. The second-order valence-corrected chi connectivity index (χ2v) is 9.84. The molecule has 2 rings (SSSR count). The topological polar surface area (TPSA) is 85.3 Å². The lowest BCUT2D eigenvalue weighted by Gasteiger charge is -2.23. The van der Waals surface area contributed by atoms with E-state index < -0.39 is 30.8 Å². The van der Waals surface area contributed by atoms with Crippen molar-refractivity contribution in [3.05, 3.63) is 58.7 Å². The summed E-state index contributed by atoms with van der Waals surface area (Å²) in [6, 6.07) is 10.8. The molecular formula is C30H40F3NO6. The summed E-state index contributed by atoms with van der Waals surface area (Å²) >= 11 is 0. The highest BCUT2D eigenvalue weighted by Crippen LogP contribution is 2.26. The monoisotopic (exact) mass is 567 g/mol. The maximum Gasteiger partial charge on any atom is 0.415 e. The largest absolute Gasteiger partial charge is 0.492 e. The number of hydrogen-bond donors (Lipinski definition) is 1. The van der Waals surface area contributed by atoms with Crippen LogP contribution < -0.4 is 9.47 Å². The van der Waals surface area contributed by atoms with E-state index in [1.165, 1.54) is 4.90 Å². The lowest BCUT2D eigenvalue weighted by atomic mass is 10.1. The highest BCUT2D eigenvalue weighted by molar-refractivity contribution is 5.73. The highest BCUT2D eigenvalue weighted by atomic mass is 19.4. The number of carboxylic acid groups (broad SMARTS) is 1. The molecule has 222 valence electrons. The van der Waals surface area contributed by atoms with Gasteiger partial charge in [0.05, 0.1) is 6.54 Å². The number of aliphatic carboxylic acids is 1. The van der Waals surface area contributed by atoms with Crippen molar-refractivity contribution in [1.82, 2.24) is 4.90 Å². The van der Waals surface area contributed by atoms with Crippen LogP contribution in [0.1, 0.15) is 61.3 Å². The van der Waals surface area contributed by atoms with Crippen molar-refractivity contribution < 1.29 is 42.1 Å². The third kappa shape index (κ3) is 11.9. The smallest absolute Gasteiger partial charge is 0.415 e. The van der Waals surface area contributed by atoms with Crippen molar-refractivity contribution in [3.63, 3.8) is 0 Å². The lowest BCUT2D eigenvalue weighted by Crippen LogP contribution is -2.37. The van der Waals surface area contributed by atoms with Gasteiger partial charge in [-0.3, -0.25) is 0 Å². The van der Waals surface area contributed by atoms with Gasteiger partial charge in [-0.1, -0.05) is 42.7 Å². The van der Waals surface area contributed by atoms with Crippen LogP contribution in [0.2, 0.25) is 0 Å². The summed E-state index contributed by atoms with van der Waals surface area (Å²) in [7, 11) is 0. The summed E-state index contributed by atoms with van der Waals surface area (Å²) in [5.41, 5.74) is 3.52. The zero-order valence-corrected chi connectivity index (χ0v) is 23.7. The summed E-state index contributed by atoms with van der Waals surface area (Å²) in [5.74, 6) is 0.0252. The molecule has 0 aromatic heterocycles. The third-order valence-electron chi connectivity index (χ3n) is 6.31. The Morgan fingerprint density at radius 2 is 1.57 bits per heavy atom. The van der Waals surface area contributed by atoms with Crippen LogP contribution in [-0.2, 0) is 16.0 Å². The average Bonchev–Trinajstić information content (AvgIpc) is 2.87. The molecule has 0 aliphatic carbocycles. The number of carbonyl (C=O) groups is 2. The third-order valence-corrected chi connectivity index (χ3v) is 6.31. The minimum Gasteiger partial charge on any atom is -0.492 e. The molecule has 0 radical (unpaired) electrons. The quantitative estimate of drug-likeness (QED) is 0.219. The number of benzene rings is 2. The molecule has 0 aliphatic heterocycles. The number of aryl methyl sites for hydroxylation is 3. The van der Waals surface area contributed by atoms with Crippen LogP contribution in [0.3, 0.4) is 0 Å². The van der Waals surface area contributed by atoms with Crippen LogP contribution in [0, 0.1) is 20.8 Å². The molecule has 0 bridgehead atoms. The number of ether oxygens (including phenoxy) is 3. The van der Waals surface area contributed by atoms with E-state index in [1.54, 1.807) is 31.2 Å². The second kappa shape index (κ2) is 16.1. The first kappa shape index (κ1) is 32.9. The maximum atomic E-state index is 13.1. The van der Waals surface area contributed by atoms with Crippen molar-refractivity contribution in [2.75, 3.05) is 26.3 Å². The number of carboxylic acids is 1. The van der Waals surface area contributed by atoms with Crippen LogP contribution in [0.25, 0.3) is 0 Å². The van der Waals surface area contributed by atoms with Gasteiger partial charge in [0.15, 0.2) is 6.10 Å². The van der Waals surface area contributed by atoms with E-state index in [0.717, 1.165) is 22.3 Å². The van der Waals surface area contributed by atoms with Crippen LogP contribution in [-0.4, -0.2) is 60.7 Å². The van der Waals surface area contributed by atoms with Gasteiger partial charge in [-0.25, -0.2) is 9.59 Å². The number of rotatable bonds is 16. The van der Waals surface area contributed by atoms with Crippen LogP contribution in [0.5, 0.6) is 11.5 Å². The first-order chi connectivity index (χ1) is 18.9. The number of halogens is 3. The van der Waals surface area contributed by atoms with Gasteiger partial charge in [0, 0.05) is 26.0 Å². The molecule has 40 heavy (non-hydrogen) atoms. The molecule has 1 atom stereocenters. The minimum atomic E-state index is -4.16. The van der Waals surface area contributed by atoms with Crippen LogP contribution in [0.4, 0.5) is 18.0 Å². The van der Waals surface area contributed by atoms with Gasteiger partial charge >= 0.3 is 18.2 Å². The Balaban J connectivity index is 1.97. The molecule has 0 saturated heterocycles. The van der Waals surface area contributed by atoms with Crippen LogP contribution in [0.15, 0.2) is 36.4 Å². The van der Waals surface area contributed by atoms with Crippen molar-refractivity contribution in [3.8, 4) is 11.5 Å². The fourth-order valence-corrected chi connectivity index (χ4v) is 4.38. The maximum absolute atomic E-state index is 13.1. The van der Waals surface area contributed by atoms with Gasteiger partial charge in [0.2, 0.25) is 0 Å². The number of nitrogens with zero attached hydrogens (tertiary/aromatic N) is 1. The van der Waals surface area contributed by atoms with Crippen molar-refractivity contribution in [2.45, 2.75) is 78.5 Å². The Morgan fingerprint density at radius 1 is 0.950 bits per heavy atom. The van der Waals surface area contributed by atoms with Crippen molar-refractivity contribution in [1.29, 1.82) is 0 Å². The Bertz CT molecular complexity index is 1060. The predicted octanol–water partition coefficient (Wildman–Crippen LogP) is 7.04. The van der Waals surface area contributed by atoms with Gasteiger partial charge in [0.25, 0.3) is 0 Å². The summed E-state index contributed by atoms with van der Waals surface area (Å²) in [5, 5.41) is 9.27. The number of amides is 1. The van der Waals surface area contributed by atoms with E-state index in [1.807, 2.05) is 32.9 Å². The molecule has 1 amide bonds. The number of unbranched alkanes of at least 4 members (excludes halogenated alkanes) is 3. The van der Waals surface area contributed by atoms with Gasteiger partial charge in [-0.2, -0.15) is 13.2 Å². The Labute approximate surface area is 234 Å². The standard InChI is InChI=1S/C30H40F3NO6/c1-5-38-26(28(35)36)20-24-10-12-25(13-11-24)39-17-16-34(15-9-7-6-8-14-30(31,32)33)29(37)40-27-22(3)18-21(2)19-23(27)4/h10-13,18-19,26H,5-9,14-17,20H2,1-4H3,(H,35,36). The summed E-state index contributed by atoms with van der Waals surface area (Å²) in [6.07, 6.45) is -4.62. The average molecular weight is 568 g/mol. The van der Waals surface area contributed by atoms with Gasteiger partial charge in [0.1, 0.15) is 18.1 Å². The van der Waals surface area contributed by atoms with E-state index >= 15 is 0 Å². The number of carbonyl (C=O) groups excluding carboxylic acids is 1. The van der Waals surface area contributed by atoms with Gasteiger partial charge < -0.3 is 24.2 Å².